The summed E-state index contributed by atoms with van der Waals surface area (Å²) >= 11 is 1.72. The fraction of sp³-hybridized carbons (Fsp3) is 0.316. The minimum Gasteiger partial charge on any atom is -0.497 e. The molecule has 13 heteroatoms. The van der Waals surface area contributed by atoms with Crippen molar-refractivity contribution < 1.29 is 22.7 Å². The van der Waals surface area contributed by atoms with Crippen LogP contribution in [-0.4, -0.2) is 77.6 Å². The lowest BCUT2D eigenvalue weighted by atomic mass is 10.2. The summed E-state index contributed by atoms with van der Waals surface area (Å²) in [7, 11) is -0.566. The number of rotatable bonds is 7. The number of anilines is 1. The fourth-order valence-corrected chi connectivity index (χ4v) is 5.76. The van der Waals surface area contributed by atoms with Crippen LogP contribution in [0.5, 0.6) is 11.5 Å². The van der Waals surface area contributed by atoms with Gasteiger partial charge in [0.25, 0.3) is 5.91 Å². The molecule has 3 aromatic rings. The van der Waals surface area contributed by atoms with Crippen LogP contribution in [0.4, 0.5) is 5.95 Å². The number of hydrogen-bond donors (Lipinski definition) is 3. The Balaban J connectivity index is 1.49. The molecule has 11 nitrogen and oxygen atoms in total. The summed E-state index contributed by atoms with van der Waals surface area (Å²) in [6.45, 7) is 0.906. The van der Waals surface area contributed by atoms with E-state index in [9.17, 15) is 13.2 Å². The van der Waals surface area contributed by atoms with Crippen molar-refractivity contribution in [1.82, 2.24) is 24.5 Å². The number of benzene rings is 1. The summed E-state index contributed by atoms with van der Waals surface area (Å²) < 4.78 is 37.5. The Morgan fingerprint density at radius 1 is 1.19 bits per heavy atom. The van der Waals surface area contributed by atoms with Gasteiger partial charge in [0, 0.05) is 36.9 Å². The van der Waals surface area contributed by atoms with Gasteiger partial charge in [-0.15, -0.1) is 5.10 Å². The Hall–Kier alpha value is -3.03. The maximum absolute atomic E-state index is 12.8. The van der Waals surface area contributed by atoms with Gasteiger partial charge in [-0.05, 0) is 18.2 Å². The predicted molar refractivity (Wildman–Crippen MR) is 120 cm³/mol. The van der Waals surface area contributed by atoms with Gasteiger partial charge < -0.3 is 14.5 Å². The molecule has 170 valence electrons. The molecule has 0 spiro atoms. The maximum atomic E-state index is 12.8. The number of nitrogens with zero attached hydrogens (tertiary/aromatic N) is 3. The van der Waals surface area contributed by atoms with Crippen molar-refractivity contribution in [2.75, 3.05) is 44.1 Å². The first kappa shape index (κ1) is 22.2. The Morgan fingerprint density at radius 2 is 1.97 bits per heavy atom. The number of nitrogens with one attached hydrogen (secondary N) is 3. The van der Waals surface area contributed by atoms with Gasteiger partial charge >= 0.3 is 0 Å². The first-order valence-corrected chi connectivity index (χ1v) is 12.2. The van der Waals surface area contributed by atoms with Gasteiger partial charge in [-0.1, -0.05) is 0 Å². The van der Waals surface area contributed by atoms with Crippen LogP contribution in [0.15, 0.2) is 35.4 Å². The second-order valence-electron chi connectivity index (χ2n) is 6.79. The Morgan fingerprint density at radius 3 is 2.69 bits per heavy atom. The lowest BCUT2D eigenvalue weighted by Gasteiger charge is -2.24. The van der Waals surface area contributed by atoms with Crippen molar-refractivity contribution in [3.05, 3.63) is 36.2 Å². The molecule has 0 saturated carbocycles. The van der Waals surface area contributed by atoms with Gasteiger partial charge in [0.05, 0.1) is 19.8 Å². The molecule has 0 atom stereocenters. The van der Waals surface area contributed by atoms with Crippen LogP contribution < -0.4 is 14.8 Å². The molecule has 32 heavy (non-hydrogen) atoms. The molecule has 0 unspecified atom stereocenters. The second-order valence-corrected chi connectivity index (χ2v) is 9.96. The summed E-state index contributed by atoms with van der Waals surface area (Å²) in [5.74, 6) is 2.51. The van der Waals surface area contributed by atoms with Crippen LogP contribution in [0.2, 0.25) is 0 Å². The standard InChI is InChI=1S/C19H22N6O5S2/c1-29-12-3-4-14(16(9-12)30-2)17-21-19(24-23-17)22-18(26)15-10-13(11-20-15)32(27,28)25-5-7-31-8-6-25/h3-4,9-11,20H,5-8H2,1-2H3,(H2,21,22,23,24,26). The zero-order chi connectivity index (χ0) is 22.7. The Labute approximate surface area is 189 Å². The molecule has 3 N–H and O–H groups in total. The fourth-order valence-electron chi connectivity index (χ4n) is 3.19. The van der Waals surface area contributed by atoms with Crippen LogP contribution in [0.3, 0.4) is 0 Å². The summed E-state index contributed by atoms with van der Waals surface area (Å²) in [6.07, 6.45) is 1.32. The molecule has 2 aromatic heterocycles. The molecule has 1 aliphatic heterocycles. The molecule has 1 saturated heterocycles. The number of aromatic nitrogens is 4. The lowest BCUT2D eigenvalue weighted by Crippen LogP contribution is -2.37. The minimum absolute atomic E-state index is 0.0370. The summed E-state index contributed by atoms with van der Waals surface area (Å²) in [4.78, 5) is 19.6. The number of thioether (sulfide) groups is 1. The molecule has 0 radical (unpaired) electrons. The molecule has 1 fully saturated rings. The third kappa shape index (κ3) is 4.45. The van der Waals surface area contributed by atoms with Crippen LogP contribution in [0, 0.1) is 0 Å². The third-order valence-corrected chi connectivity index (χ3v) is 7.70. The van der Waals surface area contributed by atoms with Gasteiger partial charge in [0.15, 0.2) is 5.82 Å². The molecule has 1 aliphatic rings. The van der Waals surface area contributed by atoms with E-state index in [0.29, 0.717) is 36.0 Å². The number of sulfonamides is 1. The Kier molecular flexibility index (Phi) is 6.39. The number of aromatic amines is 2. The molecule has 1 amide bonds. The predicted octanol–water partition coefficient (Wildman–Crippen LogP) is 1.81. The van der Waals surface area contributed by atoms with E-state index in [1.165, 1.54) is 23.7 Å². The van der Waals surface area contributed by atoms with Gasteiger partial charge in [-0.3, -0.25) is 15.2 Å². The molecule has 1 aromatic carbocycles. The number of H-pyrrole nitrogens is 2. The number of hydrogen-bond acceptors (Lipinski definition) is 8. The van der Waals surface area contributed by atoms with Gasteiger partial charge in [0.1, 0.15) is 22.1 Å². The quantitative estimate of drug-likeness (QED) is 0.467. The first-order valence-electron chi connectivity index (χ1n) is 9.65. The molecular formula is C19H22N6O5S2. The van der Waals surface area contributed by atoms with Crippen molar-refractivity contribution in [2.45, 2.75) is 4.90 Å². The molecular weight excluding hydrogens is 456 g/mol. The van der Waals surface area contributed by atoms with Gasteiger partial charge in [-0.2, -0.15) is 21.1 Å². The minimum atomic E-state index is -3.65. The van der Waals surface area contributed by atoms with Gasteiger partial charge in [-0.25, -0.2) is 8.42 Å². The summed E-state index contributed by atoms with van der Waals surface area (Å²) in [5.41, 5.74) is 0.720. The number of methoxy groups -OCH3 is 2. The number of ether oxygens (including phenoxy) is 2. The highest BCUT2D eigenvalue weighted by molar-refractivity contribution is 7.99. The largest absolute Gasteiger partial charge is 0.497 e. The zero-order valence-electron chi connectivity index (χ0n) is 17.4. The highest BCUT2D eigenvalue weighted by Crippen LogP contribution is 2.31. The highest BCUT2D eigenvalue weighted by Gasteiger charge is 2.28. The van der Waals surface area contributed by atoms with Crippen molar-refractivity contribution in [1.29, 1.82) is 0 Å². The second kappa shape index (κ2) is 9.22. The first-order chi connectivity index (χ1) is 15.4. The monoisotopic (exact) mass is 478 g/mol. The summed E-state index contributed by atoms with van der Waals surface area (Å²) in [5, 5.41) is 9.31. The lowest BCUT2D eigenvalue weighted by molar-refractivity contribution is 0.102. The van der Waals surface area contributed by atoms with Crippen LogP contribution in [-0.2, 0) is 10.0 Å². The topological polar surface area (TPSA) is 142 Å². The van der Waals surface area contributed by atoms with Crippen molar-refractivity contribution in [3.63, 3.8) is 0 Å². The maximum Gasteiger partial charge on any atom is 0.274 e. The van der Waals surface area contributed by atoms with Crippen molar-refractivity contribution in [2.24, 2.45) is 0 Å². The van der Waals surface area contributed by atoms with E-state index in [4.69, 9.17) is 9.47 Å². The van der Waals surface area contributed by atoms with E-state index < -0.39 is 15.9 Å². The normalized spacial score (nSPS) is 14.8. The van der Waals surface area contributed by atoms with Crippen LogP contribution in [0.1, 0.15) is 10.5 Å². The average Bonchev–Trinajstić information content (AvgIpc) is 3.50. The van der Waals surface area contributed by atoms with E-state index in [2.05, 4.69) is 25.5 Å². The van der Waals surface area contributed by atoms with E-state index in [1.54, 1.807) is 37.1 Å². The Bertz CT molecular complexity index is 1220. The molecule has 3 heterocycles. The van der Waals surface area contributed by atoms with Crippen molar-refractivity contribution in [3.8, 4) is 22.9 Å². The van der Waals surface area contributed by atoms with Crippen LogP contribution >= 0.6 is 11.8 Å². The van der Waals surface area contributed by atoms with E-state index in [1.807, 2.05) is 0 Å². The average molecular weight is 479 g/mol. The number of amides is 1. The molecule has 0 bridgehead atoms. The van der Waals surface area contributed by atoms with E-state index in [0.717, 1.165) is 11.5 Å². The van der Waals surface area contributed by atoms with Crippen LogP contribution in [0.25, 0.3) is 11.4 Å². The number of carbonyl (C=O) groups excluding carboxylic acids is 1. The highest BCUT2D eigenvalue weighted by atomic mass is 32.2. The van der Waals surface area contributed by atoms with Crippen molar-refractivity contribution >= 4 is 33.6 Å². The van der Waals surface area contributed by atoms with E-state index >= 15 is 0 Å². The molecule has 0 aliphatic carbocycles. The number of carbonyl (C=O) groups is 1. The van der Waals surface area contributed by atoms with E-state index in [-0.39, 0.29) is 16.5 Å². The molecule has 4 rings (SSSR count). The third-order valence-electron chi connectivity index (χ3n) is 4.88. The smallest absolute Gasteiger partial charge is 0.274 e. The zero-order valence-corrected chi connectivity index (χ0v) is 19.0. The SMILES string of the molecule is COc1ccc(-c2nc(NC(=O)c3cc(S(=O)(=O)N4CCSCC4)c[nH]3)n[nH]2)c(OC)c1. The van der Waals surface area contributed by atoms with Gasteiger partial charge in [0.2, 0.25) is 16.0 Å². The summed E-state index contributed by atoms with van der Waals surface area (Å²) in [6, 6.07) is 6.52.